The minimum Gasteiger partial charge on any atom is -0.341 e. The number of benzene rings is 4. The Labute approximate surface area is 272 Å². The van der Waals surface area contributed by atoms with E-state index in [0.717, 1.165) is 55.2 Å². The molecule has 0 aromatic heterocycles. The van der Waals surface area contributed by atoms with Crippen molar-refractivity contribution in [3.8, 4) is 6.07 Å². The van der Waals surface area contributed by atoms with Crippen molar-refractivity contribution < 1.29 is 9.00 Å². The zero-order valence-corrected chi connectivity index (χ0v) is 27.5. The number of likely N-dealkylation sites (N-methyl/N-ethyl adjacent to an activating group) is 1. The van der Waals surface area contributed by atoms with Crippen molar-refractivity contribution in [1.29, 1.82) is 5.26 Å². The van der Waals surface area contributed by atoms with Crippen LogP contribution in [0.1, 0.15) is 63.7 Å². The summed E-state index contributed by atoms with van der Waals surface area (Å²) >= 11 is 12.7. The molecule has 2 atom stereocenters. The van der Waals surface area contributed by atoms with Gasteiger partial charge in [-0.3, -0.25) is 9.00 Å². The van der Waals surface area contributed by atoms with Crippen LogP contribution in [0.4, 0.5) is 0 Å². The molecule has 4 aromatic carbocycles. The van der Waals surface area contributed by atoms with Crippen LogP contribution in [0.25, 0.3) is 10.8 Å². The Hall–Kier alpha value is -3.21. The van der Waals surface area contributed by atoms with Crippen LogP contribution in [0.2, 0.25) is 10.0 Å². The standard InChI is InChI=1S/C36H37Cl2N3O2S/c1-40(36(42)33-20-25(22-39)19-28-7-3-6-10-32(28)33)23-29(27-11-12-34(37)35(38)21-27)15-18-41-16-13-26(14-17-41)31-9-5-4-8-30(31)24-44(2)43/h3-12,19-21,26,29H,13-18,23-24H2,1-2H3/t29?,44-/m0/s1. The van der Waals surface area contributed by atoms with E-state index in [0.29, 0.717) is 39.4 Å². The second-order valence-electron chi connectivity index (χ2n) is 11.7. The first kappa shape index (κ1) is 32.2. The summed E-state index contributed by atoms with van der Waals surface area (Å²) < 4.78 is 11.9. The summed E-state index contributed by atoms with van der Waals surface area (Å²) in [5.74, 6) is 1.00. The maximum atomic E-state index is 13.8. The third-order valence-corrected chi connectivity index (χ3v) is 10.2. The second kappa shape index (κ2) is 14.7. The molecule has 0 N–H and O–H groups in total. The molecule has 8 heteroatoms. The molecule has 228 valence electrons. The van der Waals surface area contributed by atoms with Crippen LogP contribution in [0.15, 0.2) is 78.9 Å². The topological polar surface area (TPSA) is 64.4 Å². The Morgan fingerprint density at radius 2 is 1.75 bits per heavy atom. The number of piperidine rings is 1. The molecule has 0 radical (unpaired) electrons. The van der Waals surface area contributed by atoms with Crippen LogP contribution in [-0.2, 0) is 16.6 Å². The number of hydrogen-bond acceptors (Lipinski definition) is 4. The lowest BCUT2D eigenvalue weighted by atomic mass is 9.86. The number of carbonyl (C=O) groups is 1. The van der Waals surface area contributed by atoms with Crippen LogP contribution in [0.5, 0.6) is 0 Å². The lowest BCUT2D eigenvalue weighted by molar-refractivity contribution is 0.0783. The predicted octanol–water partition coefficient (Wildman–Crippen LogP) is 8.02. The van der Waals surface area contributed by atoms with Gasteiger partial charge in [0.05, 0.1) is 21.7 Å². The zero-order chi connectivity index (χ0) is 31.2. The summed E-state index contributed by atoms with van der Waals surface area (Å²) in [6.07, 6.45) is 4.74. The Morgan fingerprint density at radius 3 is 2.48 bits per heavy atom. The molecule has 1 fully saturated rings. The minimum atomic E-state index is -0.868. The summed E-state index contributed by atoms with van der Waals surface area (Å²) in [7, 11) is 0.958. The van der Waals surface area contributed by atoms with Gasteiger partial charge < -0.3 is 9.80 Å². The van der Waals surface area contributed by atoms with E-state index in [1.54, 1.807) is 17.2 Å². The third kappa shape index (κ3) is 7.71. The lowest BCUT2D eigenvalue weighted by Gasteiger charge is -2.34. The normalized spacial score (nSPS) is 15.5. The first-order valence-corrected chi connectivity index (χ1v) is 17.4. The molecule has 1 amide bonds. The molecule has 5 rings (SSSR count). The molecule has 4 aromatic rings. The highest BCUT2D eigenvalue weighted by Gasteiger charge is 2.25. The summed E-state index contributed by atoms with van der Waals surface area (Å²) in [4.78, 5) is 18.1. The summed E-state index contributed by atoms with van der Waals surface area (Å²) in [6, 6.07) is 27.6. The van der Waals surface area contributed by atoms with Crippen LogP contribution in [-0.4, -0.2) is 59.4 Å². The highest BCUT2D eigenvalue weighted by molar-refractivity contribution is 7.83. The van der Waals surface area contributed by atoms with Gasteiger partial charge in [0.15, 0.2) is 0 Å². The summed E-state index contributed by atoms with van der Waals surface area (Å²) in [6.45, 7) is 3.38. The number of nitrogens with zero attached hydrogens (tertiary/aromatic N) is 3. The van der Waals surface area contributed by atoms with E-state index in [2.05, 4.69) is 29.2 Å². The maximum absolute atomic E-state index is 13.8. The van der Waals surface area contributed by atoms with E-state index < -0.39 is 10.8 Å². The van der Waals surface area contributed by atoms with Crippen LogP contribution in [0.3, 0.4) is 0 Å². The molecular weight excluding hydrogens is 609 g/mol. The Balaban J connectivity index is 1.30. The van der Waals surface area contributed by atoms with Gasteiger partial charge in [-0.15, -0.1) is 0 Å². The minimum absolute atomic E-state index is 0.0436. The fourth-order valence-electron chi connectivity index (χ4n) is 6.39. The first-order valence-electron chi connectivity index (χ1n) is 15.0. The monoisotopic (exact) mass is 645 g/mol. The van der Waals surface area contributed by atoms with E-state index in [1.807, 2.05) is 61.6 Å². The molecule has 1 aliphatic rings. The molecule has 0 spiro atoms. The van der Waals surface area contributed by atoms with Gasteiger partial charge >= 0.3 is 0 Å². The molecular formula is C36H37Cl2N3O2S. The number of fused-ring (bicyclic) bond motifs is 1. The Bertz CT molecular complexity index is 1710. The lowest BCUT2D eigenvalue weighted by Crippen LogP contribution is -2.36. The van der Waals surface area contributed by atoms with Gasteiger partial charge in [-0.1, -0.05) is 77.8 Å². The summed E-state index contributed by atoms with van der Waals surface area (Å²) in [5, 5.41) is 12.3. The van der Waals surface area contributed by atoms with Gasteiger partial charge in [-0.05, 0) is 96.5 Å². The highest BCUT2D eigenvalue weighted by Crippen LogP contribution is 2.33. The van der Waals surface area contributed by atoms with E-state index in [4.69, 9.17) is 23.2 Å². The van der Waals surface area contributed by atoms with Crippen molar-refractivity contribution in [3.05, 3.63) is 117 Å². The number of carbonyl (C=O) groups excluding carboxylic acids is 1. The van der Waals surface area contributed by atoms with Crippen molar-refractivity contribution in [2.75, 3.05) is 39.5 Å². The van der Waals surface area contributed by atoms with Crippen molar-refractivity contribution in [2.24, 2.45) is 0 Å². The quantitative estimate of drug-likeness (QED) is 0.175. The van der Waals surface area contributed by atoms with Gasteiger partial charge in [-0.25, -0.2) is 0 Å². The van der Waals surface area contributed by atoms with Crippen LogP contribution < -0.4 is 0 Å². The fourth-order valence-corrected chi connectivity index (χ4v) is 7.40. The number of rotatable bonds is 10. The predicted molar refractivity (Wildman–Crippen MR) is 182 cm³/mol. The molecule has 1 aliphatic heterocycles. The average Bonchev–Trinajstić information content (AvgIpc) is 3.03. The van der Waals surface area contributed by atoms with Gasteiger partial charge in [0.1, 0.15) is 0 Å². The molecule has 5 nitrogen and oxygen atoms in total. The Kier molecular flexibility index (Phi) is 10.8. The van der Waals surface area contributed by atoms with Gasteiger partial charge in [0.2, 0.25) is 0 Å². The molecule has 1 unspecified atom stereocenters. The van der Waals surface area contributed by atoms with Gasteiger partial charge in [0, 0.05) is 47.9 Å². The van der Waals surface area contributed by atoms with Crippen LogP contribution >= 0.6 is 23.2 Å². The molecule has 0 saturated carbocycles. The molecule has 1 heterocycles. The number of nitriles is 1. The number of halogens is 2. The fraction of sp³-hybridized carbons (Fsp3) is 0.333. The number of likely N-dealkylation sites (tertiary alicyclic amines) is 1. The van der Waals surface area contributed by atoms with Crippen LogP contribution in [0, 0.1) is 11.3 Å². The zero-order valence-electron chi connectivity index (χ0n) is 25.1. The maximum Gasteiger partial charge on any atom is 0.254 e. The van der Waals surface area contributed by atoms with Crippen molar-refractivity contribution in [1.82, 2.24) is 9.80 Å². The summed E-state index contributed by atoms with van der Waals surface area (Å²) in [5.41, 5.74) is 4.59. The largest absolute Gasteiger partial charge is 0.341 e. The number of hydrogen-bond donors (Lipinski definition) is 0. The van der Waals surface area contributed by atoms with E-state index in [9.17, 15) is 14.3 Å². The molecule has 0 bridgehead atoms. The number of amides is 1. The molecule has 0 aliphatic carbocycles. The third-order valence-electron chi connectivity index (χ3n) is 8.71. The van der Waals surface area contributed by atoms with Gasteiger partial charge in [0.25, 0.3) is 5.91 Å². The van der Waals surface area contributed by atoms with E-state index in [1.165, 1.54) is 11.1 Å². The highest BCUT2D eigenvalue weighted by atomic mass is 35.5. The second-order valence-corrected chi connectivity index (χ2v) is 14.0. The SMILES string of the molecule is CN(CC(CCN1CCC(c2ccccc2C[S@](C)=O)CC1)c1ccc(Cl)c(Cl)c1)C(=O)c1cc(C#N)cc2ccccc12. The smallest absolute Gasteiger partial charge is 0.254 e. The Morgan fingerprint density at radius 1 is 1.02 bits per heavy atom. The van der Waals surface area contributed by atoms with E-state index >= 15 is 0 Å². The van der Waals surface area contributed by atoms with Crippen molar-refractivity contribution in [2.45, 2.75) is 36.9 Å². The van der Waals surface area contributed by atoms with Crippen molar-refractivity contribution in [3.63, 3.8) is 0 Å². The molecule has 44 heavy (non-hydrogen) atoms. The first-order chi connectivity index (χ1) is 21.2. The van der Waals surface area contributed by atoms with Crippen molar-refractivity contribution >= 4 is 50.7 Å². The molecule has 1 saturated heterocycles. The van der Waals surface area contributed by atoms with Gasteiger partial charge in [-0.2, -0.15) is 5.26 Å². The average molecular weight is 647 g/mol. The van der Waals surface area contributed by atoms with E-state index in [-0.39, 0.29) is 11.8 Å².